The Morgan fingerprint density at radius 2 is 1.97 bits per heavy atom. The fraction of sp³-hybridized carbons (Fsp3) is 0.346. The van der Waals surface area contributed by atoms with Gasteiger partial charge in [-0.1, -0.05) is 24.3 Å². The summed E-state index contributed by atoms with van der Waals surface area (Å²) in [5.41, 5.74) is 1.95. The molecule has 1 aromatic carbocycles. The van der Waals surface area contributed by atoms with Gasteiger partial charge in [-0.05, 0) is 47.2 Å². The summed E-state index contributed by atoms with van der Waals surface area (Å²) in [5, 5.41) is 2.01. The van der Waals surface area contributed by atoms with Crippen LogP contribution < -0.4 is 4.74 Å². The first-order chi connectivity index (χ1) is 16.6. The minimum absolute atomic E-state index is 0.0250. The summed E-state index contributed by atoms with van der Waals surface area (Å²) in [4.78, 5) is 34.9. The first kappa shape index (κ1) is 23.9. The predicted molar refractivity (Wildman–Crippen MR) is 130 cm³/mol. The number of ether oxygens (including phenoxy) is 2. The van der Waals surface area contributed by atoms with Gasteiger partial charge in [0, 0.05) is 43.3 Å². The van der Waals surface area contributed by atoms with Crippen LogP contribution in [-0.4, -0.2) is 59.4 Å². The standard InChI is InChI=1S/C26H29N3O4S/c1-32-22-8-6-20(7-9-22)15-28-16-23(33-19-21-4-2-12-27-14-21)17-29(18-26(28)31)25(30)11-10-24-5-3-13-34-24/h2-9,12-14,23H,10-11,15-19H2,1H3/t23-/m0/s1. The highest BCUT2D eigenvalue weighted by molar-refractivity contribution is 7.09. The lowest BCUT2D eigenvalue weighted by Crippen LogP contribution is -2.39. The van der Waals surface area contributed by atoms with Gasteiger partial charge in [0.05, 0.1) is 26.4 Å². The van der Waals surface area contributed by atoms with Crippen molar-refractivity contribution in [2.24, 2.45) is 0 Å². The van der Waals surface area contributed by atoms with Crippen LogP contribution in [0.25, 0.3) is 0 Å². The average molecular weight is 480 g/mol. The van der Waals surface area contributed by atoms with Crippen LogP contribution in [0.5, 0.6) is 5.75 Å². The number of thiophene rings is 1. The SMILES string of the molecule is COc1ccc(CN2C[C@H](OCc3cccnc3)CN(C(=O)CCc3cccs3)CC2=O)cc1. The zero-order chi connectivity index (χ0) is 23.8. The lowest BCUT2D eigenvalue weighted by molar-refractivity contribution is -0.139. The molecule has 0 saturated carbocycles. The van der Waals surface area contributed by atoms with Crippen LogP contribution >= 0.6 is 11.3 Å². The van der Waals surface area contributed by atoms with Crippen molar-refractivity contribution in [3.8, 4) is 5.75 Å². The molecule has 0 spiro atoms. The summed E-state index contributed by atoms with van der Waals surface area (Å²) < 4.78 is 11.4. The molecule has 34 heavy (non-hydrogen) atoms. The third-order valence-electron chi connectivity index (χ3n) is 5.79. The third-order valence-corrected chi connectivity index (χ3v) is 6.72. The Morgan fingerprint density at radius 1 is 1.12 bits per heavy atom. The summed E-state index contributed by atoms with van der Waals surface area (Å²) >= 11 is 1.64. The average Bonchev–Trinajstić information content (AvgIpc) is 3.34. The number of aryl methyl sites for hydroxylation is 1. The van der Waals surface area contributed by atoms with E-state index >= 15 is 0 Å². The normalized spacial score (nSPS) is 16.4. The van der Waals surface area contributed by atoms with Crippen molar-refractivity contribution in [2.75, 3.05) is 26.7 Å². The number of hydrogen-bond donors (Lipinski definition) is 0. The highest BCUT2D eigenvalue weighted by atomic mass is 32.1. The van der Waals surface area contributed by atoms with Crippen molar-refractivity contribution >= 4 is 23.2 Å². The molecule has 2 aromatic heterocycles. The molecule has 1 atom stereocenters. The highest BCUT2D eigenvalue weighted by Crippen LogP contribution is 2.18. The maximum Gasteiger partial charge on any atom is 0.242 e. The van der Waals surface area contributed by atoms with Crippen LogP contribution in [0.3, 0.4) is 0 Å². The predicted octanol–water partition coefficient (Wildman–Crippen LogP) is 3.54. The fourth-order valence-electron chi connectivity index (χ4n) is 3.92. The van der Waals surface area contributed by atoms with E-state index in [1.807, 2.05) is 53.9 Å². The zero-order valence-electron chi connectivity index (χ0n) is 19.3. The number of aromatic nitrogens is 1. The molecule has 178 valence electrons. The van der Waals surface area contributed by atoms with Crippen LogP contribution in [-0.2, 0) is 33.9 Å². The smallest absolute Gasteiger partial charge is 0.242 e. The topological polar surface area (TPSA) is 72.0 Å². The van der Waals surface area contributed by atoms with Crippen LogP contribution in [0.15, 0.2) is 66.3 Å². The van der Waals surface area contributed by atoms with E-state index in [0.29, 0.717) is 39.1 Å². The molecule has 1 saturated heterocycles. The number of methoxy groups -OCH3 is 1. The fourth-order valence-corrected chi connectivity index (χ4v) is 4.63. The van der Waals surface area contributed by atoms with Gasteiger partial charge in [0.15, 0.2) is 0 Å². The monoisotopic (exact) mass is 479 g/mol. The minimum atomic E-state index is -0.296. The molecule has 1 aliphatic rings. The van der Waals surface area contributed by atoms with Crippen molar-refractivity contribution in [2.45, 2.75) is 32.1 Å². The molecule has 3 heterocycles. The quantitative estimate of drug-likeness (QED) is 0.470. The van der Waals surface area contributed by atoms with E-state index in [9.17, 15) is 9.59 Å². The Balaban J connectivity index is 1.45. The van der Waals surface area contributed by atoms with E-state index in [1.54, 1.807) is 40.6 Å². The summed E-state index contributed by atoms with van der Waals surface area (Å²) in [6.45, 7) is 1.69. The van der Waals surface area contributed by atoms with E-state index < -0.39 is 0 Å². The lowest BCUT2D eigenvalue weighted by Gasteiger charge is -2.25. The van der Waals surface area contributed by atoms with Gasteiger partial charge >= 0.3 is 0 Å². The molecule has 1 aliphatic heterocycles. The van der Waals surface area contributed by atoms with Crippen LogP contribution in [0.4, 0.5) is 0 Å². The van der Waals surface area contributed by atoms with Gasteiger partial charge in [-0.2, -0.15) is 0 Å². The molecule has 0 bridgehead atoms. The Hall–Kier alpha value is -3.23. The van der Waals surface area contributed by atoms with Gasteiger partial charge in [0.25, 0.3) is 0 Å². The lowest BCUT2D eigenvalue weighted by atomic mass is 10.2. The Morgan fingerprint density at radius 3 is 2.68 bits per heavy atom. The molecular weight excluding hydrogens is 450 g/mol. The molecule has 8 heteroatoms. The van der Waals surface area contributed by atoms with Gasteiger partial charge in [0.1, 0.15) is 5.75 Å². The van der Waals surface area contributed by atoms with E-state index in [4.69, 9.17) is 9.47 Å². The Labute approximate surface area is 203 Å². The molecule has 1 fully saturated rings. The first-order valence-corrected chi connectivity index (χ1v) is 12.2. The van der Waals surface area contributed by atoms with Crippen molar-refractivity contribution in [1.82, 2.24) is 14.8 Å². The maximum absolute atomic E-state index is 13.2. The molecule has 0 aliphatic carbocycles. The van der Waals surface area contributed by atoms with Crippen molar-refractivity contribution in [3.63, 3.8) is 0 Å². The second kappa shape index (κ2) is 11.8. The number of benzene rings is 1. The van der Waals surface area contributed by atoms with Gasteiger partial charge in [0.2, 0.25) is 11.8 Å². The number of hydrogen-bond acceptors (Lipinski definition) is 6. The third kappa shape index (κ3) is 6.65. The molecule has 0 radical (unpaired) electrons. The van der Waals surface area contributed by atoms with E-state index in [1.165, 1.54) is 4.88 Å². The summed E-state index contributed by atoms with van der Waals surface area (Å²) in [6, 6.07) is 15.5. The molecule has 2 amide bonds. The summed E-state index contributed by atoms with van der Waals surface area (Å²) in [7, 11) is 1.63. The highest BCUT2D eigenvalue weighted by Gasteiger charge is 2.30. The van der Waals surface area contributed by atoms with Gasteiger partial charge in [-0.3, -0.25) is 14.6 Å². The number of rotatable bonds is 9. The molecule has 7 nitrogen and oxygen atoms in total. The second-order valence-electron chi connectivity index (χ2n) is 8.27. The van der Waals surface area contributed by atoms with Crippen molar-refractivity contribution in [1.29, 1.82) is 0 Å². The van der Waals surface area contributed by atoms with Crippen LogP contribution in [0.1, 0.15) is 22.4 Å². The minimum Gasteiger partial charge on any atom is -0.497 e. The largest absolute Gasteiger partial charge is 0.497 e. The number of nitrogens with zero attached hydrogens (tertiary/aromatic N) is 3. The second-order valence-corrected chi connectivity index (χ2v) is 9.30. The first-order valence-electron chi connectivity index (χ1n) is 11.3. The van der Waals surface area contributed by atoms with Gasteiger partial charge in [-0.25, -0.2) is 0 Å². The van der Waals surface area contributed by atoms with Gasteiger partial charge < -0.3 is 19.3 Å². The van der Waals surface area contributed by atoms with Crippen molar-refractivity contribution in [3.05, 3.63) is 82.3 Å². The van der Waals surface area contributed by atoms with E-state index in [2.05, 4.69) is 4.98 Å². The molecular formula is C26H29N3O4S. The molecule has 4 rings (SSSR count). The zero-order valence-corrected chi connectivity index (χ0v) is 20.1. The van der Waals surface area contributed by atoms with E-state index in [-0.39, 0.29) is 24.5 Å². The molecule has 0 unspecified atom stereocenters. The van der Waals surface area contributed by atoms with Crippen LogP contribution in [0, 0.1) is 0 Å². The summed E-state index contributed by atoms with van der Waals surface area (Å²) in [6.07, 6.45) is 4.24. The molecule has 3 aromatic rings. The van der Waals surface area contributed by atoms with Crippen molar-refractivity contribution < 1.29 is 19.1 Å². The maximum atomic E-state index is 13.2. The Kier molecular flexibility index (Phi) is 8.27. The number of carbonyl (C=O) groups excluding carboxylic acids is 2. The van der Waals surface area contributed by atoms with E-state index in [0.717, 1.165) is 16.9 Å². The number of amides is 2. The summed E-state index contributed by atoms with van der Waals surface area (Å²) in [5.74, 6) is 0.668. The number of carbonyl (C=O) groups is 2. The Bertz CT molecular complexity index is 1060. The molecule has 0 N–H and O–H groups in total. The number of pyridine rings is 1. The van der Waals surface area contributed by atoms with Gasteiger partial charge in [-0.15, -0.1) is 11.3 Å². The van der Waals surface area contributed by atoms with Crippen LogP contribution in [0.2, 0.25) is 0 Å².